The van der Waals surface area contributed by atoms with Gasteiger partial charge in [-0.3, -0.25) is 4.79 Å². The van der Waals surface area contributed by atoms with E-state index in [1.54, 1.807) is 6.07 Å². The predicted octanol–water partition coefficient (Wildman–Crippen LogP) is 3.37. The lowest BCUT2D eigenvalue weighted by molar-refractivity contribution is -0.137. The van der Waals surface area contributed by atoms with Gasteiger partial charge < -0.3 is 10.2 Å². The molecule has 2 atom stereocenters. The van der Waals surface area contributed by atoms with E-state index in [0.717, 1.165) is 37.6 Å². The summed E-state index contributed by atoms with van der Waals surface area (Å²) in [5.74, 6) is -0.321. The molecule has 1 saturated heterocycles. The molecule has 0 saturated carbocycles. The van der Waals surface area contributed by atoms with Crippen LogP contribution in [0.25, 0.3) is 0 Å². The van der Waals surface area contributed by atoms with Crippen LogP contribution in [0.3, 0.4) is 0 Å². The number of nitrogens with one attached hydrogen (secondary N) is 1. The normalized spacial score (nSPS) is 23.9. The Morgan fingerprint density at radius 3 is 2.83 bits per heavy atom. The van der Waals surface area contributed by atoms with Crippen LogP contribution < -0.4 is 10.2 Å². The topological polar surface area (TPSA) is 32.3 Å². The summed E-state index contributed by atoms with van der Waals surface area (Å²) in [7, 11) is 0. The molecule has 0 unspecified atom stereocenters. The van der Waals surface area contributed by atoms with E-state index in [1.165, 1.54) is 6.07 Å². The summed E-state index contributed by atoms with van der Waals surface area (Å²) in [6, 6.07) is 4.04. The van der Waals surface area contributed by atoms with Crippen molar-refractivity contribution in [2.75, 3.05) is 18.0 Å². The van der Waals surface area contributed by atoms with Crippen LogP contribution in [0.5, 0.6) is 0 Å². The van der Waals surface area contributed by atoms with E-state index in [1.807, 2.05) is 6.92 Å². The van der Waals surface area contributed by atoms with E-state index in [-0.39, 0.29) is 17.9 Å². The quantitative estimate of drug-likeness (QED) is 0.904. The zero-order valence-corrected chi connectivity index (χ0v) is 13.1. The fourth-order valence-corrected chi connectivity index (χ4v) is 3.83. The predicted molar refractivity (Wildman–Crippen MR) is 82.3 cm³/mol. The van der Waals surface area contributed by atoms with Crippen LogP contribution in [-0.4, -0.2) is 25.0 Å². The van der Waals surface area contributed by atoms with Crippen LogP contribution >= 0.6 is 0 Å². The molecule has 2 aliphatic heterocycles. The first kappa shape index (κ1) is 16.1. The Kier molecular flexibility index (Phi) is 4.25. The Morgan fingerprint density at radius 1 is 1.35 bits per heavy atom. The molecule has 126 valence electrons. The van der Waals surface area contributed by atoms with Gasteiger partial charge in [-0.25, -0.2) is 0 Å². The van der Waals surface area contributed by atoms with Crippen LogP contribution in [0.2, 0.25) is 0 Å². The number of rotatable bonds is 2. The van der Waals surface area contributed by atoms with Gasteiger partial charge in [0.1, 0.15) is 0 Å². The second-order valence-electron chi connectivity index (χ2n) is 6.30. The maximum absolute atomic E-state index is 13.0. The van der Waals surface area contributed by atoms with Crippen molar-refractivity contribution in [2.45, 2.75) is 44.8 Å². The van der Waals surface area contributed by atoms with Crippen LogP contribution in [0.1, 0.15) is 37.3 Å². The van der Waals surface area contributed by atoms with Crippen molar-refractivity contribution >= 4 is 11.6 Å². The number of nitrogens with zero attached hydrogens (tertiary/aromatic N) is 1. The number of fused-ring (bicyclic) bond motifs is 3. The van der Waals surface area contributed by atoms with Gasteiger partial charge in [0.2, 0.25) is 5.91 Å². The molecule has 3 nitrogen and oxygen atoms in total. The molecule has 0 radical (unpaired) electrons. The van der Waals surface area contributed by atoms with Gasteiger partial charge in [-0.2, -0.15) is 13.2 Å². The molecule has 1 aromatic carbocycles. The number of benzene rings is 1. The molecule has 2 aliphatic rings. The number of hydrogen-bond donors (Lipinski definition) is 1. The minimum Gasteiger partial charge on any atom is -0.368 e. The Bertz CT molecular complexity index is 600. The average molecular weight is 326 g/mol. The Morgan fingerprint density at radius 2 is 2.13 bits per heavy atom. The highest BCUT2D eigenvalue weighted by atomic mass is 19.4. The first-order chi connectivity index (χ1) is 10.9. The Hall–Kier alpha value is -1.72. The Balaban J connectivity index is 1.99. The summed E-state index contributed by atoms with van der Waals surface area (Å²) in [4.78, 5) is 14.5. The number of amides is 1. The highest BCUT2D eigenvalue weighted by Gasteiger charge is 2.40. The monoisotopic (exact) mass is 326 g/mol. The first-order valence-corrected chi connectivity index (χ1v) is 8.16. The van der Waals surface area contributed by atoms with Crippen molar-refractivity contribution < 1.29 is 18.0 Å². The maximum Gasteiger partial charge on any atom is 0.416 e. The minimum absolute atomic E-state index is 0.0486. The lowest BCUT2D eigenvalue weighted by Crippen LogP contribution is -2.53. The lowest BCUT2D eigenvalue weighted by atomic mass is 9.80. The van der Waals surface area contributed by atoms with Gasteiger partial charge in [0.15, 0.2) is 0 Å². The smallest absolute Gasteiger partial charge is 0.368 e. The standard InChI is InChI=1S/C17H21F3N2O/c1-2-21-16(23)13-10-11-9-12(17(18,19)20)6-7-14(11)22-8-4-3-5-15(13)22/h6-7,9,13,15H,2-5,8,10H2,1H3,(H,21,23)/t13-,15+/m0/s1. The number of carbonyl (C=O) groups excluding carboxylic acids is 1. The zero-order valence-electron chi connectivity index (χ0n) is 13.1. The van der Waals surface area contributed by atoms with Gasteiger partial charge in [-0.1, -0.05) is 0 Å². The number of hydrogen-bond acceptors (Lipinski definition) is 2. The van der Waals surface area contributed by atoms with Crippen molar-refractivity contribution in [2.24, 2.45) is 5.92 Å². The summed E-state index contributed by atoms with van der Waals surface area (Å²) in [6.45, 7) is 3.20. The van der Waals surface area contributed by atoms with Crippen molar-refractivity contribution in [1.29, 1.82) is 0 Å². The van der Waals surface area contributed by atoms with Gasteiger partial charge in [-0.05, 0) is 56.4 Å². The summed E-state index contributed by atoms with van der Waals surface area (Å²) in [6.07, 6.45) is -0.977. The second kappa shape index (κ2) is 6.06. The molecular weight excluding hydrogens is 305 g/mol. The number of halogens is 3. The first-order valence-electron chi connectivity index (χ1n) is 8.16. The largest absolute Gasteiger partial charge is 0.416 e. The summed E-state index contributed by atoms with van der Waals surface area (Å²) in [5.41, 5.74) is 0.860. The van der Waals surface area contributed by atoms with E-state index in [2.05, 4.69) is 10.2 Å². The average Bonchev–Trinajstić information content (AvgIpc) is 2.53. The van der Waals surface area contributed by atoms with Gasteiger partial charge in [0.05, 0.1) is 11.5 Å². The van der Waals surface area contributed by atoms with Crippen molar-refractivity contribution in [3.05, 3.63) is 29.3 Å². The van der Waals surface area contributed by atoms with Gasteiger partial charge in [0.25, 0.3) is 0 Å². The van der Waals surface area contributed by atoms with E-state index < -0.39 is 11.7 Å². The van der Waals surface area contributed by atoms with Crippen LogP contribution in [0.4, 0.5) is 18.9 Å². The summed E-state index contributed by atoms with van der Waals surface area (Å²) in [5, 5.41) is 2.84. The molecule has 0 aliphatic carbocycles. The van der Waals surface area contributed by atoms with Gasteiger partial charge in [0, 0.05) is 24.8 Å². The van der Waals surface area contributed by atoms with E-state index in [0.29, 0.717) is 18.5 Å². The van der Waals surface area contributed by atoms with Crippen LogP contribution in [-0.2, 0) is 17.4 Å². The molecular formula is C17H21F3N2O. The molecule has 1 fully saturated rings. The van der Waals surface area contributed by atoms with Crippen LogP contribution in [0.15, 0.2) is 18.2 Å². The highest BCUT2D eigenvalue weighted by Crippen LogP contribution is 2.41. The van der Waals surface area contributed by atoms with Crippen molar-refractivity contribution in [1.82, 2.24) is 5.32 Å². The number of alkyl halides is 3. The fourth-order valence-electron chi connectivity index (χ4n) is 3.83. The highest BCUT2D eigenvalue weighted by molar-refractivity contribution is 5.82. The molecule has 0 bridgehead atoms. The SMILES string of the molecule is CCNC(=O)[C@H]1Cc2cc(C(F)(F)F)ccc2N2CCCC[C@H]12. The zero-order chi connectivity index (χ0) is 16.6. The van der Waals surface area contributed by atoms with E-state index in [9.17, 15) is 18.0 Å². The third kappa shape index (κ3) is 3.03. The minimum atomic E-state index is -4.35. The number of anilines is 1. The molecule has 6 heteroatoms. The molecule has 1 N–H and O–H groups in total. The maximum atomic E-state index is 13.0. The molecule has 0 aromatic heterocycles. The van der Waals surface area contributed by atoms with E-state index in [4.69, 9.17) is 0 Å². The molecule has 3 rings (SSSR count). The molecule has 0 spiro atoms. The molecule has 23 heavy (non-hydrogen) atoms. The second-order valence-corrected chi connectivity index (χ2v) is 6.30. The lowest BCUT2D eigenvalue weighted by Gasteiger charge is -2.46. The Labute approximate surface area is 133 Å². The summed E-state index contributed by atoms with van der Waals surface area (Å²) < 4.78 is 38.9. The molecule has 1 amide bonds. The third-order valence-electron chi connectivity index (χ3n) is 4.86. The summed E-state index contributed by atoms with van der Waals surface area (Å²) >= 11 is 0. The van der Waals surface area contributed by atoms with Gasteiger partial charge in [-0.15, -0.1) is 0 Å². The van der Waals surface area contributed by atoms with Crippen molar-refractivity contribution in [3.8, 4) is 0 Å². The molecule has 1 aromatic rings. The number of carbonyl (C=O) groups is 1. The van der Waals surface area contributed by atoms with Crippen molar-refractivity contribution in [3.63, 3.8) is 0 Å². The van der Waals surface area contributed by atoms with Crippen LogP contribution in [0, 0.1) is 5.92 Å². The fraction of sp³-hybridized carbons (Fsp3) is 0.588. The number of piperidine rings is 1. The van der Waals surface area contributed by atoms with E-state index >= 15 is 0 Å². The van der Waals surface area contributed by atoms with Gasteiger partial charge >= 0.3 is 6.18 Å². The third-order valence-corrected chi connectivity index (χ3v) is 4.86. The molecule has 2 heterocycles.